The van der Waals surface area contributed by atoms with Crippen LogP contribution in [0.15, 0.2) is 18.5 Å². The second-order valence-electron chi connectivity index (χ2n) is 8.17. The first-order valence-corrected chi connectivity index (χ1v) is 10.6. The van der Waals surface area contributed by atoms with Crippen molar-refractivity contribution in [1.82, 2.24) is 29.9 Å². The Morgan fingerprint density at radius 2 is 2.27 bits per heavy atom. The average Bonchev–Trinajstić information content (AvgIpc) is 3.48. The maximum absolute atomic E-state index is 15.0. The summed E-state index contributed by atoms with van der Waals surface area (Å²) in [6.45, 7) is 3.91. The third-order valence-corrected chi connectivity index (χ3v) is 5.36. The number of imidazole rings is 1. The van der Waals surface area contributed by atoms with Crippen LogP contribution >= 0.6 is 0 Å². The van der Waals surface area contributed by atoms with Gasteiger partial charge in [0.15, 0.2) is 11.5 Å². The van der Waals surface area contributed by atoms with Gasteiger partial charge in [0, 0.05) is 37.0 Å². The summed E-state index contributed by atoms with van der Waals surface area (Å²) in [5.41, 5.74) is 2.00. The summed E-state index contributed by atoms with van der Waals surface area (Å²) in [5, 5.41) is 22.1. The summed E-state index contributed by atoms with van der Waals surface area (Å²) in [7, 11) is 1.56. The van der Waals surface area contributed by atoms with Crippen LogP contribution in [-0.2, 0) is 16.1 Å². The molecule has 0 bridgehead atoms. The Hall–Kier alpha value is -3.72. The number of hydrogen-bond donors (Lipinski definition) is 3. The quantitative estimate of drug-likeness (QED) is 0.493. The number of carbonyl (C=O) groups excluding carboxylic acids is 1. The van der Waals surface area contributed by atoms with Crippen LogP contribution in [0.2, 0.25) is 0 Å². The Labute approximate surface area is 189 Å². The zero-order chi connectivity index (χ0) is 23.5. The number of fused-ring (bicyclic) bond motifs is 1. The molecule has 3 N–H and O–H groups in total. The number of nitrogens with zero attached hydrogens (tertiary/aromatic N) is 5. The lowest BCUT2D eigenvalue weighted by atomic mass is 10.0. The summed E-state index contributed by atoms with van der Waals surface area (Å²) in [6.07, 6.45) is 1.32. The molecule has 1 aliphatic carbocycles. The Balaban J connectivity index is 1.49. The molecule has 3 aromatic heterocycles. The van der Waals surface area contributed by atoms with Gasteiger partial charge in [-0.25, -0.2) is 19.2 Å². The normalized spacial score (nSPS) is 20.2. The lowest BCUT2D eigenvalue weighted by molar-refractivity contribution is 0.0555. The molecule has 3 heterocycles. The maximum Gasteiger partial charge on any atom is 0.407 e. The molecule has 11 nitrogen and oxygen atoms in total. The SMILES string of the molecule is COCc1cn2c(Nc3cc([C@H]4CC[C@@H](OC(=O)NC(C)C)[C@H]4F)[nH]n3)ncc(C#N)c2n1. The summed E-state index contributed by atoms with van der Waals surface area (Å²) < 4.78 is 27.0. The highest BCUT2D eigenvalue weighted by Gasteiger charge is 2.40. The van der Waals surface area contributed by atoms with Crippen molar-refractivity contribution in [1.29, 1.82) is 5.26 Å². The van der Waals surface area contributed by atoms with E-state index in [2.05, 4.69) is 36.9 Å². The number of nitrogens with one attached hydrogen (secondary N) is 3. The van der Waals surface area contributed by atoms with Gasteiger partial charge in [-0.3, -0.25) is 9.50 Å². The zero-order valence-electron chi connectivity index (χ0n) is 18.5. The number of methoxy groups -OCH3 is 1. The fraction of sp³-hybridized carbons (Fsp3) is 0.476. The summed E-state index contributed by atoms with van der Waals surface area (Å²) in [6, 6.07) is 3.69. The topological polar surface area (TPSA) is 142 Å². The minimum atomic E-state index is -1.35. The van der Waals surface area contributed by atoms with Crippen LogP contribution in [0.5, 0.6) is 0 Å². The third kappa shape index (κ3) is 4.73. The third-order valence-electron chi connectivity index (χ3n) is 5.36. The highest BCUT2D eigenvalue weighted by Crippen LogP contribution is 2.38. The van der Waals surface area contributed by atoms with Gasteiger partial charge in [-0.15, -0.1) is 0 Å². The maximum atomic E-state index is 15.0. The predicted molar refractivity (Wildman–Crippen MR) is 116 cm³/mol. The van der Waals surface area contributed by atoms with Crippen LogP contribution < -0.4 is 10.6 Å². The van der Waals surface area contributed by atoms with Gasteiger partial charge >= 0.3 is 6.09 Å². The highest BCUT2D eigenvalue weighted by atomic mass is 19.1. The number of alkyl carbamates (subject to hydrolysis) is 1. The van der Waals surface area contributed by atoms with Crippen molar-refractivity contribution in [3.8, 4) is 6.07 Å². The molecule has 1 fully saturated rings. The second-order valence-corrected chi connectivity index (χ2v) is 8.17. The molecular formula is C21H25FN8O3. The van der Waals surface area contributed by atoms with Crippen LogP contribution in [0, 0.1) is 11.3 Å². The molecular weight excluding hydrogens is 431 g/mol. The molecule has 0 saturated heterocycles. The number of rotatable bonds is 7. The lowest BCUT2D eigenvalue weighted by Crippen LogP contribution is -2.36. The van der Waals surface area contributed by atoms with E-state index in [-0.39, 0.29) is 12.6 Å². The van der Waals surface area contributed by atoms with Crippen molar-refractivity contribution in [2.75, 3.05) is 12.4 Å². The molecule has 12 heteroatoms. The Morgan fingerprint density at radius 3 is 3.00 bits per heavy atom. The standard InChI is InChI=1S/C21H25FN8O3/c1-11(2)25-21(31)33-16-5-4-14(18(16)22)15-6-17(29-28-15)27-20-24-8-12(7-23)19-26-13(10-32-3)9-30(19)20/h6,8-9,11,14,16,18H,4-5,10H2,1-3H3,(H,25,31)(H2,24,27,28,29)/t14-,16-,18+/m1/s1. The molecule has 1 saturated carbocycles. The number of hydrogen-bond acceptors (Lipinski definition) is 8. The first kappa shape index (κ1) is 22.5. The van der Waals surface area contributed by atoms with Crippen LogP contribution in [0.25, 0.3) is 5.65 Å². The second kappa shape index (κ2) is 9.41. The molecule has 0 radical (unpaired) electrons. The molecule has 0 aromatic carbocycles. The van der Waals surface area contributed by atoms with E-state index in [9.17, 15) is 14.4 Å². The zero-order valence-corrected chi connectivity index (χ0v) is 18.5. The molecule has 0 unspecified atom stereocenters. The van der Waals surface area contributed by atoms with E-state index in [0.717, 1.165) is 0 Å². The Bertz CT molecular complexity index is 1180. The smallest absolute Gasteiger partial charge is 0.407 e. The molecule has 0 spiro atoms. The van der Waals surface area contributed by atoms with Gasteiger partial charge in [0.25, 0.3) is 0 Å². The van der Waals surface area contributed by atoms with Crippen LogP contribution in [0.1, 0.15) is 49.6 Å². The molecule has 174 valence electrons. The van der Waals surface area contributed by atoms with Crippen molar-refractivity contribution in [2.45, 2.75) is 57.5 Å². The minimum absolute atomic E-state index is 0.0858. The van der Waals surface area contributed by atoms with Crippen molar-refractivity contribution in [2.24, 2.45) is 0 Å². The number of amides is 1. The van der Waals surface area contributed by atoms with E-state index in [1.54, 1.807) is 23.8 Å². The minimum Gasteiger partial charge on any atom is -0.443 e. The van der Waals surface area contributed by atoms with Gasteiger partial charge in [-0.05, 0) is 26.7 Å². The number of halogens is 1. The van der Waals surface area contributed by atoms with Crippen LogP contribution in [0.4, 0.5) is 21.0 Å². The number of H-pyrrole nitrogens is 1. The van der Waals surface area contributed by atoms with Crippen LogP contribution in [-0.4, -0.2) is 56.1 Å². The molecule has 3 atom stereocenters. The van der Waals surface area contributed by atoms with Gasteiger partial charge in [0.2, 0.25) is 5.95 Å². The van der Waals surface area contributed by atoms with E-state index in [1.807, 2.05) is 13.8 Å². The first-order valence-electron chi connectivity index (χ1n) is 10.6. The van der Waals surface area contributed by atoms with E-state index in [0.29, 0.717) is 47.2 Å². The number of aromatic amines is 1. The van der Waals surface area contributed by atoms with Gasteiger partial charge in [-0.2, -0.15) is 10.4 Å². The number of anilines is 2. The monoisotopic (exact) mass is 456 g/mol. The number of ether oxygens (including phenoxy) is 2. The van der Waals surface area contributed by atoms with Gasteiger partial charge < -0.3 is 20.1 Å². The Kier molecular flexibility index (Phi) is 6.41. The molecule has 3 aromatic rings. The fourth-order valence-electron chi connectivity index (χ4n) is 3.90. The number of carbonyl (C=O) groups is 1. The summed E-state index contributed by atoms with van der Waals surface area (Å²) >= 11 is 0. The molecule has 1 amide bonds. The fourth-order valence-corrected chi connectivity index (χ4v) is 3.90. The molecule has 4 rings (SSSR count). The lowest BCUT2D eigenvalue weighted by Gasteiger charge is -2.18. The molecule has 33 heavy (non-hydrogen) atoms. The van der Waals surface area contributed by atoms with Crippen molar-refractivity contribution in [3.63, 3.8) is 0 Å². The van der Waals surface area contributed by atoms with E-state index < -0.39 is 24.3 Å². The first-order chi connectivity index (χ1) is 15.9. The number of aromatic nitrogens is 5. The van der Waals surface area contributed by atoms with E-state index in [1.165, 1.54) is 6.20 Å². The number of alkyl halides is 1. The van der Waals surface area contributed by atoms with Gasteiger partial charge in [0.1, 0.15) is 23.9 Å². The summed E-state index contributed by atoms with van der Waals surface area (Å²) in [4.78, 5) is 20.5. The molecule has 1 aliphatic rings. The van der Waals surface area contributed by atoms with Crippen LogP contribution in [0.3, 0.4) is 0 Å². The van der Waals surface area contributed by atoms with E-state index >= 15 is 0 Å². The van der Waals surface area contributed by atoms with E-state index in [4.69, 9.17) is 9.47 Å². The number of nitriles is 1. The largest absolute Gasteiger partial charge is 0.443 e. The molecule has 0 aliphatic heterocycles. The van der Waals surface area contributed by atoms with Crippen molar-refractivity contribution in [3.05, 3.63) is 35.4 Å². The predicted octanol–water partition coefficient (Wildman–Crippen LogP) is 2.93. The Morgan fingerprint density at radius 1 is 1.45 bits per heavy atom. The highest BCUT2D eigenvalue weighted by molar-refractivity contribution is 5.67. The average molecular weight is 456 g/mol. The van der Waals surface area contributed by atoms with Crippen molar-refractivity contribution >= 4 is 23.5 Å². The van der Waals surface area contributed by atoms with Gasteiger partial charge in [0.05, 0.1) is 18.5 Å². The summed E-state index contributed by atoms with van der Waals surface area (Å²) in [5.74, 6) is 0.353. The van der Waals surface area contributed by atoms with Crippen molar-refractivity contribution < 1.29 is 18.7 Å². The van der Waals surface area contributed by atoms with Gasteiger partial charge in [-0.1, -0.05) is 0 Å².